The molecule has 0 saturated heterocycles. The SMILES string of the molecule is CCN(C)[C@@H]1Cc2ccc(OC(=O)OC(C)(C)C)c3c2[C@@]2(C)[C@@H](O3)C(OC(=O)[C@@H](OC(=O)OC(C)(C)C)c3ccccc3)=CC[C@@]12O. The average Bonchev–Trinajstić information content (AvgIpc) is 3.30. The third-order valence-corrected chi connectivity index (χ3v) is 8.98. The molecule has 1 N–H and O–H groups in total. The van der Waals surface area contributed by atoms with Gasteiger partial charge in [0.1, 0.15) is 17.0 Å². The van der Waals surface area contributed by atoms with Crippen LogP contribution in [0, 0.1) is 0 Å². The second-order valence-corrected chi connectivity index (χ2v) is 14.5. The maximum Gasteiger partial charge on any atom is 0.514 e. The van der Waals surface area contributed by atoms with Crippen LogP contribution >= 0.6 is 0 Å². The number of hydrogen-bond acceptors (Lipinski definition) is 11. The lowest BCUT2D eigenvalue weighted by atomic mass is 9.54. The highest BCUT2D eigenvalue weighted by Crippen LogP contribution is 2.62. The molecule has 0 fully saturated rings. The zero-order valence-electron chi connectivity index (χ0n) is 28.5. The fraction of sp³-hybridized carbons (Fsp3) is 0.528. The molecule has 3 aliphatic rings. The fourth-order valence-corrected chi connectivity index (χ4v) is 6.75. The van der Waals surface area contributed by atoms with Crippen molar-refractivity contribution in [2.75, 3.05) is 13.6 Å². The van der Waals surface area contributed by atoms with E-state index in [0.717, 1.165) is 5.56 Å². The van der Waals surface area contributed by atoms with Crippen molar-refractivity contribution in [3.05, 3.63) is 71.0 Å². The summed E-state index contributed by atoms with van der Waals surface area (Å²) in [5.74, 6) is -0.337. The van der Waals surface area contributed by atoms with Gasteiger partial charge in [-0.1, -0.05) is 43.3 Å². The number of carbonyl (C=O) groups excluding carboxylic acids is 3. The molecule has 254 valence electrons. The van der Waals surface area contributed by atoms with E-state index in [4.69, 9.17) is 28.4 Å². The van der Waals surface area contributed by atoms with Crippen molar-refractivity contribution in [3.8, 4) is 11.5 Å². The highest BCUT2D eigenvalue weighted by atomic mass is 16.7. The summed E-state index contributed by atoms with van der Waals surface area (Å²) in [4.78, 5) is 41.4. The molecule has 5 atom stereocenters. The molecule has 2 aromatic rings. The van der Waals surface area contributed by atoms with Gasteiger partial charge in [0.2, 0.25) is 6.10 Å². The van der Waals surface area contributed by atoms with Crippen molar-refractivity contribution in [2.45, 2.75) is 109 Å². The third-order valence-electron chi connectivity index (χ3n) is 8.98. The summed E-state index contributed by atoms with van der Waals surface area (Å²) in [6.45, 7) is 14.9. The molecule has 0 radical (unpaired) electrons. The molecule has 1 heterocycles. The van der Waals surface area contributed by atoms with Gasteiger partial charge >= 0.3 is 18.3 Å². The lowest BCUT2D eigenvalue weighted by Gasteiger charge is -2.56. The van der Waals surface area contributed by atoms with E-state index in [2.05, 4.69) is 4.90 Å². The van der Waals surface area contributed by atoms with Crippen LogP contribution in [-0.4, -0.2) is 70.8 Å². The molecule has 5 rings (SSSR count). The maximum absolute atomic E-state index is 13.9. The van der Waals surface area contributed by atoms with Gasteiger partial charge in [0, 0.05) is 23.6 Å². The molecule has 0 unspecified atom stereocenters. The Balaban J connectivity index is 1.54. The normalized spacial score (nSPS) is 25.1. The van der Waals surface area contributed by atoms with Crippen LogP contribution in [-0.2, 0) is 35.6 Å². The van der Waals surface area contributed by atoms with Crippen molar-refractivity contribution >= 4 is 18.3 Å². The minimum absolute atomic E-state index is 0.124. The second kappa shape index (κ2) is 12.2. The molecule has 2 aliphatic carbocycles. The molecular weight excluding hydrogens is 606 g/mol. The Morgan fingerprint density at radius 2 is 1.62 bits per heavy atom. The number of ether oxygens (including phenoxy) is 6. The van der Waals surface area contributed by atoms with Crippen LogP contribution in [0.4, 0.5) is 9.59 Å². The molecule has 11 nitrogen and oxygen atoms in total. The summed E-state index contributed by atoms with van der Waals surface area (Å²) in [5.41, 5.74) is -2.14. The number of nitrogens with zero attached hydrogens (tertiary/aromatic N) is 1. The van der Waals surface area contributed by atoms with Crippen molar-refractivity contribution in [1.29, 1.82) is 0 Å². The molecule has 2 aromatic carbocycles. The summed E-state index contributed by atoms with van der Waals surface area (Å²) < 4.78 is 34.5. The summed E-state index contributed by atoms with van der Waals surface area (Å²) in [6.07, 6.45) is -2.06. The molecule has 1 aliphatic heterocycles. The van der Waals surface area contributed by atoms with Crippen molar-refractivity contribution < 1.29 is 47.9 Å². The first-order valence-electron chi connectivity index (χ1n) is 15.9. The quantitative estimate of drug-likeness (QED) is 0.210. The van der Waals surface area contributed by atoms with Gasteiger partial charge in [-0.3, -0.25) is 0 Å². The van der Waals surface area contributed by atoms with E-state index in [9.17, 15) is 19.5 Å². The molecule has 11 heteroatoms. The van der Waals surface area contributed by atoms with Crippen LogP contribution in [0.3, 0.4) is 0 Å². The predicted molar refractivity (Wildman–Crippen MR) is 171 cm³/mol. The molecule has 47 heavy (non-hydrogen) atoms. The van der Waals surface area contributed by atoms with Gasteiger partial charge in [0.15, 0.2) is 17.6 Å². The van der Waals surface area contributed by atoms with Gasteiger partial charge < -0.3 is 38.4 Å². The Hall–Kier alpha value is -4.09. The Bertz CT molecular complexity index is 1570. The Morgan fingerprint density at radius 3 is 2.23 bits per heavy atom. The van der Waals surface area contributed by atoms with Gasteiger partial charge in [-0.2, -0.15) is 0 Å². The number of hydrogen-bond donors (Lipinski definition) is 1. The number of likely N-dealkylation sites (N-methyl/N-ethyl adjacent to an activating group) is 1. The number of esters is 1. The molecule has 0 amide bonds. The summed E-state index contributed by atoms with van der Waals surface area (Å²) in [5, 5.41) is 12.6. The van der Waals surface area contributed by atoms with Gasteiger partial charge in [0.05, 0.1) is 11.0 Å². The standard InChI is InChI=1S/C36H45NO10/c1-10-37(9)25-20-22-16-17-23(43-31(39)46-33(2,3)4)28-26(22)35(8)29(44-28)24(18-19-36(25,35)41)42-30(38)27(21-14-12-11-13-15-21)45-32(40)47-34(5,6)7/h11-18,25,27,29,41H,10,19-20H2,1-9H3/t25-,27+,29+,35+,36-/m1/s1. The van der Waals surface area contributed by atoms with Gasteiger partial charge in [0.25, 0.3) is 0 Å². The first-order chi connectivity index (χ1) is 21.9. The highest BCUT2D eigenvalue weighted by Gasteiger charge is 2.68. The monoisotopic (exact) mass is 651 g/mol. The third kappa shape index (κ3) is 6.43. The second-order valence-electron chi connectivity index (χ2n) is 14.5. The minimum Gasteiger partial charge on any atom is -0.477 e. The number of benzene rings is 2. The Morgan fingerprint density at radius 1 is 0.979 bits per heavy atom. The first kappa shape index (κ1) is 34.3. The van der Waals surface area contributed by atoms with Gasteiger partial charge in [-0.05, 0) is 86.2 Å². The maximum atomic E-state index is 13.9. The largest absolute Gasteiger partial charge is 0.514 e. The van der Waals surface area contributed by atoms with E-state index in [1.807, 2.05) is 27.0 Å². The van der Waals surface area contributed by atoms with Gasteiger partial charge in [-0.15, -0.1) is 0 Å². The highest BCUT2D eigenvalue weighted by molar-refractivity contribution is 5.80. The van der Waals surface area contributed by atoms with E-state index >= 15 is 0 Å². The summed E-state index contributed by atoms with van der Waals surface area (Å²) in [7, 11) is 1.96. The smallest absolute Gasteiger partial charge is 0.477 e. The zero-order chi connectivity index (χ0) is 34.5. The van der Waals surface area contributed by atoms with E-state index in [-0.39, 0.29) is 29.7 Å². The van der Waals surface area contributed by atoms with E-state index < -0.39 is 52.7 Å². The van der Waals surface area contributed by atoms with Crippen molar-refractivity contribution in [3.63, 3.8) is 0 Å². The Labute approximate surface area is 275 Å². The molecule has 0 bridgehead atoms. The predicted octanol–water partition coefficient (Wildman–Crippen LogP) is 6.15. The van der Waals surface area contributed by atoms with Gasteiger partial charge in [-0.25, -0.2) is 14.4 Å². The number of aliphatic hydroxyl groups is 1. The van der Waals surface area contributed by atoms with E-state index in [0.29, 0.717) is 24.1 Å². The molecular formula is C36H45NO10. The van der Waals surface area contributed by atoms with E-state index in [1.165, 1.54) is 0 Å². The van der Waals surface area contributed by atoms with Crippen LogP contribution in [0.25, 0.3) is 0 Å². The topological polar surface area (TPSA) is 130 Å². The molecule has 0 saturated carbocycles. The molecule has 0 spiro atoms. The average molecular weight is 652 g/mol. The summed E-state index contributed by atoms with van der Waals surface area (Å²) in [6, 6.07) is 11.7. The molecule has 0 aromatic heterocycles. The van der Waals surface area contributed by atoms with Crippen LogP contribution in [0.15, 0.2) is 54.3 Å². The van der Waals surface area contributed by atoms with E-state index in [1.54, 1.807) is 84.0 Å². The minimum atomic E-state index is -1.45. The van der Waals surface area contributed by atoms with Crippen LogP contribution in [0.1, 0.15) is 84.6 Å². The lowest BCUT2D eigenvalue weighted by Crippen LogP contribution is -2.69. The number of rotatable bonds is 7. The fourth-order valence-electron chi connectivity index (χ4n) is 6.75. The first-order valence-corrected chi connectivity index (χ1v) is 15.9. The summed E-state index contributed by atoms with van der Waals surface area (Å²) >= 11 is 0. The van der Waals surface area contributed by atoms with Crippen LogP contribution in [0.2, 0.25) is 0 Å². The van der Waals surface area contributed by atoms with Crippen LogP contribution in [0.5, 0.6) is 11.5 Å². The van der Waals surface area contributed by atoms with Crippen molar-refractivity contribution in [1.82, 2.24) is 4.90 Å². The number of carbonyl (C=O) groups is 3. The van der Waals surface area contributed by atoms with Crippen molar-refractivity contribution in [2.24, 2.45) is 0 Å². The lowest BCUT2D eigenvalue weighted by molar-refractivity contribution is -0.160. The zero-order valence-corrected chi connectivity index (χ0v) is 28.5. The van der Waals surface area contributed by atoms with Crippen LogP contribution < -0.4 is 9.47 Å². The Kier molecular flexibility index (Phi) is 8.87.